The van der Waals surface area contributed by atoms with E-state index in [0.717, 1.165) is 25.7 Å². The van der Waals surface area contributed by atoms with Gasteiger partial charge in [0.05, 0.1) is 33.7 Å². The molecule has 2 aliphatic rings. The molecule has 2 fully saturated rings. The van der Waals surface area contributed by atoms with Gasteiger partial charge >= 0.3 is 11.9 Å². The molecule has 1 aliphatic carbocycles. The Bertz CT molecular complexity index is 844. The molecule has 6 atom stereocenters. The Morgan fingerprint density at radius 1 is 1.03 bits per heavy atom. The lowest BCUT2D eigenvalue weighted by atomic mass is 9.88. The van der Waals surface area contributed by atoms with Crippen LogP contribution in [-0.4, -0.2) is 78.9 Å². The highest BCUT2D eigenvalue weighted by atomic mass is 17.2. The lowest BCUT2D eigenvalue weighted by Crippen LogP contribution is -2.43. The fourth-order valence-electron chi connectivity index (χ4n) is 4.91. The van der Waals surface area contributed by atoms with Crippen molar-refractivity contribution >= 4 is 11.9 Å². The van der Waals surface area contributed by atoms with E-state index in [0.29, 0.717) is 23.9 Å². The Kier molecular flexibility index (Phi) is 14.0. The second-order valence-electron chi connectivity index (χ2n) is 11.0. The molecule has 1 heterocycles. The highest BCUT2D eigenvalue weighted by Gasteiger charge is 2.49. The summed E-state index contributed by atoms with van der Waals surface area (Å²) in [6, 6.07) is 0. The summed E-state index contributed by atoms with van der Waals surface area (Å²) in [5.41, 5.74) is 0. The number of carbonyl (C=O) groups excluding carboxylic acids is 1. The van der Waals surface area contributed by atoms with Crippen molar-refractivity contribution < 1.29 is 43.8 Å². The van der Waals surface area contributed by atoms with E-state index < -0.39 is 24.1 Å². The average Bonchev–Trinajstić information content (AvgIpc) is 3.44. The molecule has 2 rings (SSSR count). The van der Waals surface area contributed by atoms with Crippen molar-refractivity contribution in [1.82, 2.24) is 0 Å². The molecule has 0 aromatic heterocycles. The quantitative estimate of drug-likeness (QED) is 0.0840. The van der Waals surface area contributed by atoms with Gasteiger partial charge in [-0.2, -0.15) is 0 Å². The van der Waals surface area contributed by atoms with Crippen LogP contribution in [0.25, 0.3) is 0 Å². The van der Waals surface area contributed by atoms with Gasteiger partial charge in [-0.25, -0.2) is 14.7 Å². The number of aliphatic carboxylic acids is 1. The van der Waals surface area contributed by atoms with Crippen LogP contribution in [0.4, 0.5) is 0 Å². The van der Waals surface area contributed by atoms with E-state index in [1.54, 1.807) is 0 Å². The average molecular weight is 537 g/mol. The summed E-state index contributed by atoms with van der Waals surface area (Å²) in [7, 11) is 5.78. The molecule has 2 bridgehead atoms. The minimum atomic E-state index is -0.994. The number of carbonyl (C=O) groups is 2. The molecular weight excluding hydrogens is 490 g/mol. The van der Waals surface area contributed by atoms with Crippen molar-refractivity contribution in [2.75, 3.05) is 27.7 Å². The predicted molar refractivity (Wildman–Crippen MR) is 144 cm³/mol. The molecule has 0 spiro atoms. The Balaban J connectivity index is 1.86. The van der Waals surface area contributed by atoms with E-state index >= 15 is 0 Å². The number of fused-ring (bicyclic) bond motifs is 2. The number of ether oxygens (including phenoxy) is 1. The molecule has 9 nitrogen and oxygen atoms in total. The fourth-order valence-corrected chi connectivity index (χ4v) is 4.91. The number of nitrogens with zero attached hydrogens (tertiary/aromatic N) is 1. The highest BCUT2D eigenvalue weighted by Crippen LogP contribution is 2.45. The van der Waals surface area contributed by atoms with E-state index in [1.807, 2.05) is 45.4 Å². The van der Waals surface area contributed by atoms with Crippen molar-refractivity contribution in [3.63, 3.8) is 0 Å². The van der Waals surface area contributed by atoms with Gasteiger partial charge in [-0.1, -0.05) is 55.5 Å². The lowest BCUT2D eigenvalue weighted by molar-refractivity contribution is -0.873. The molecule has 0 aromatic carbocycles. The zero-order valence-electron chi connectivity index (χ0n) is 23.2. The number of carboxylic acid groups (broad SMARTS) is 1. The minimum Gasteiger partial charge on any atom is -0.481 e. The molecule has 2 N–H and O–H groups in total. The van der Waals surface area contributed by atoms with Gasteiger partial charge in [-0.3, -0.25) is 14.8 Å². The van der Waals surface area contributed by atoms with Gasteiger partial charge in [-0.15, -0.1) is 0 Å². The van der Waals surface area contributed by atoms with Crippen LogP contribution in [0.2, 0.25) is 0 Å². The number of rotatable bonds is 18. The molecule has 38 heavy (non-hydrogen) atoms. The maximum Gasteiger partial charge on any atom is 0.307 e. The summed E-state index contributed by atoms with van der Waals surface area (Å²) in [6.45, 7) is 2.53. The van der Waals surface area contributed by atoms with E-state index in [-0.39, 0.29) is 36.9 Å². The molecule has 1 saturated carbocycles. The summed E-state index contributed by atoms with van der Waals surface area (Å²) >= 11 is 0. The molecule has 6 unspecified atom stereocenters. The minimum absolute atomic E-state index is 0.0170. The first-order valence-electron chi connectivity index (χ1n) is 13.6. The van der Waals surface area contributed by atoms with Crippen molar-refractivity contribution in [2.45, 2.75) is 82.7 Å². The molecule has 0 aromatic rings. The smallest absolute Gasteiger partial charge is 0.307 e. The Labute approximate surface area is 226 Å². The normalized spacial score (nSPS) is 25.3. The zero-order valence-corrected chi connectivity index (χ0v) is 23.2. The van der Waals surface area contributed by atoms with Gasteiger partial charge in [-0.05, 0) is 38.0 Å². The Morgan fingerprint density at radius 2 is 1.68 bits per heavy atom. The number of carboxylic acids is 1. The van der Waals surface area contributed by atoms with Gasteiger partial charge in [0, 0.05) is 18.8 Å². The third-order valence-corrected chi connectivity index (χ3v) is 6.63. The number of likely N-dealkylation sites (N-methyl/N-ethyl adjacent to an activating group) is 1. The van der Waals surface area contributed by atoms with Crippen LogP contribution in [-0.2, 0) is 29.0 Å². The molecule has 0 radical (unpaired) electrons. The Morgan fingerprint density at radius 3 is 2.32 bits per heavy atom. The summed E-state index contributed by atoms with van der Waals surface area (Å²) in [6.07, 6.45) is 19.5. The zero-order chi connectivity index (χ0) is 28.0. The van der Waals surface area contributed by atoms with Gasteiger partial charge in [0.25, 0.3) is 0 Å². The van der Waals surface area contributed by atoms with Gasteiger partial charge in [0.1, 0.15) is 18.8 Å². The van der Waals surface area contributed by atoms with Crippen LogP contribution in [0.15, 0.2) is 48.6 Å². The van der Waals surface area contributed by atoms with E-state index in [1.165, 1.54) is 0 Å². The van der Waals surface area contributed by atoms with Crippen LogP contribution in [0.1, 0.15) is 58.3 Å². The van der Waals surface area contributed by atoms with Crippen LogP contribution in [0, 0.1) is 11.8 Å². The number of hydrogen-bond acceptors (Lipinski definition) is 7. The van der Waals surface area contributed by atoms with E-state index in [2.05, 4.69) is 36.1 Å². The first-order chi connectivity index (χ1) is 18.1. The van der Waals surface area contributed by atoms with E-state index in [4.69, 9.17) is 14.5 Å². The summed E-state index contributed by atoms with van der Waals surface area (Å²) in [4.78, 5) is 39.3. The Hall–Kier alpha value is -2.30. The van der Waals surface area contributed by atoms with Gasteiger partial charge in [0.15, 0.2) is 6.10 Å². The fraction of sp³-hybridized carbons (Fsp3) is 0.655. The summed E-state index contributed by atoms with van der Waals surface area (Å²) in [5.74, 6) is -1.33. The molecule has 1 aliphatic heterocycles. The first kappa shape index (κ1) is 31.9. The second kappa shape index (κ2) is 16.6. The summed E-state index contributed by atoms with van der Waals surface area (Å²) < 4.78 is 6.02. The summed E-state index contributed by atoms with van der Waals surface area (Å²) in [5, 5.41) is 18.5. The van der Waals surface area contributed by atoms with Crippen molar-refractivity contribution in [3.8, 4) is 0 Å². The van der Waals surface area contributed by atoms with Crippen LogP contribution in [0.5, 0.6) is 0 Å². The van der Waals surface area contributed by atoms with Crippen LogP contribution in [0.3, 0.4) is 0 Å². The molecule has 214 valence electrons. The molecular formula is C29H46NO8+. The molecule has 1 saturated heterocycles. The van der Waals surface area contributed by atoms with E-state index in [9.17, 15) is 20.0 Å². The maximum atomic E-state index is 12.6. The maximum absolute atomic E-state index is 12.6. The largest absolute Gasteiger partial charge is 0.481 e. The monoisotopic (exact) mass is 536 g/mol. The SMILES string of the molecule is CC/C=C/C/C=C/C/C=C/CC(/C=C\C1C2CC(OO2)C1CCC(=O)OC(CC(=O)O)C[N+](C)(C)C)OO. The van der Waals surface area contributed by atoms with Crippen LogP contribution >= 0.6 is 0 Å². The van der Waals surface area contributed by atoms with Gasteiger partial charge in [0.2, 0.25) is 0 Å². The third kappa shape index (κ3) is 12.0. The predicted octanol–water partition coefficient (Wildman–Crippen LogP) is 4.86. The first-order valence-corrected chi connectivity index (χ1v) is 13.6. The lowest BCUT2D eigenvalue weighted by Gasteiger charge is -2.29. The van der Waals surface area contributed by atoms with Crippen molar-refractivity contribution in [3.05, 3.63) is 48.6 Å². The standard InChI is InChI=1S/C29H45NO8/c1-5-6-7-8-9-10-11-12-13-14-22(36-34)15-16-24-25(27-20-26(24)37-38-27)17-18-29(33)35-23(19-28(31)32)21-30(2,3)4/h6-7,9-10,12-13,15-16,22-27H,5,8,11,14,17-21H2,1-4H3,(H-,31,32,34)/p+1/b7-6+,10-9+,13-12+,16-15-. The topological polar surface area (TPSA) is 112 Å². The van der Waals surface area contributed by atoms with Gasteiger partial charge < -0.3 is 14.3 Å². The number of allylic oxidation sites excluding steroid dienone is 5. The number of esters is 1. The molecule has 9 heteroatoms. The second-order valence-corrected chi connectivity index (χ2v) is 11.0. The van der Waals surface area contributed by atoms with Crippen molar-refractivity contribution in [2.24, 2.45) is 11.8 Å². The highest BCUT2D eigenvalue weighted by molar-refractivity contribution is 5.71. The third-order valence-electron chi connectivity index (χ3n) is 6.63. The van der Waals surface area contributed by atoms with Crippen molar-refractivity contribution in [1.29, 1.82) is 0 Å². The molecule has 0 amide bonds. The van der Waals surface area contributed by atoms with Crippen LogP contribution < -0.4 is 0 Å². The number of hydrogen-bond donors (Lipinski definition) is 2. The number of quaternary nitrogens is 1.